The summed E-state index contributed by atoms with van der Waals surface area (Å²) in [6.07, 6.45) is 4.61. The zero-order valence-corrected chi connectivity index (χ0v) is 19.0. The van der Waals surface area contributed by atoms with Gasteiger partial charge in [0.25, 0.3) is 0 Å². The Morgan fingerprint density at radius 2 is 2.10 bits per heavy atom. The maximum Gasteiger partial charge on any atom is 0.337 e. The van der Waals surface area contributed by atoms with Crippen LogP contribution in [0, 0.1) is 16.7 Å². The lowest BCUT2D eigenvalue weighted by molar-refractivity contribution is 0.0696. The summed E-state index contributed by atoms with van der Waals surface area (Å²) in [7, 11) is 0. The SMILES string of the molecule is CC1(C)CCc2sc(-c3cc(C#N)ccc3N3CCC(OS)CC3)c(C(=O)O)c2C1. The Labute approximate surface area is 186 Å². The first-order chi connectivity index (χ1) is 14.3. The fourth-order valence-corrected chi connectivity index (χ4v) is 6.15. The molecule has 30 heavy (non-hydrogen) atoms. The third-order valence-corrected chi connectivity index (χ3v) is 7.91. The Morgan fingerprint density at radius 1 is 1.37 bits per heavy atom. The molecule has 158 valence electrons. The molecule has 1 saturated heterocycles. The molecule has 4 rings (SSSR count). The van der Waals surface area contributed by atoms with E-state index in [1.165, 1.54) is 4.88 Å². The minimum Gasteiger partial charge on any atom is -0.478 e. The Balaban J connectivity index is 1.84. The van der Waals surface area contributed by atoms with Gasteiger partial charge in [-0.1, -0.05) is 13.8 Å². The Morgan fingerprint density at radius 3 is 2.73 bits per heavy atom. The smallest absolute Gasteiger partial charge is 0.337 e. The molecular formula is C23H26N2O3S2. The van der Waals surface area contributed by atoms with Gasteiger partial charge in [-0.15, -0.1) is 11.3 Å². The predicted molar refractivity (Wildman–Crippen MR) is 123 cm³/mol. The highest BCUT2D eigenvalue weighted by molar-refractivity contribution is 7.75. The van der Waals surface area contributed by atoms with Gasteiger partial charge in [0.1, 0.15) is 0 Å². The number of carboxylic acids is 1. The highest BCUT2D eigenvalue weighted by Gasteiger charge is 2.34. The van der Waals surface area contributed by atoms with Gasteiger partial charge >= 0.3 is 5.97 Å². The monoisotopic (exact) mass is 442 g/mol. The second-order valence-electron chi connectivity index (χ2n) is 8.99. The van der Waals surface area contributed by atoms with Gasteiger partial charge < -0.3 is 14.2 Å². The average molecular weight is 443 g/mol. The molecular weight excluding hydrogens is 416 g/mol. The van der Waals surface area contributed by atoms with Crippen molar-refractivity contribution in [1.82, 2.24) is 0 Å². The van der Waals surface area contributed by atoms with Crippen molar-refractivity contribution >= 4 is 35.9 Å². The summed E-state index contributed by atoms with van der Waals surface area (Å²) >= 11 is 5.55. The molecule has 0 bridgehead atoms. The van der Waals surface area contributed by atoms with Crippen molar-refractivity contribution in [2.45, 2.75) is 52.1 Å². The maximum absolute atomic E-state index is 12.4. The number of anilines is 1. The first-order valence-corrected chi connectivity index (χ1v) is 11.5. The molecule has 7 heteroatoms. The lowest BCUT2D eigenvalue weighted by atomic mass is 9.76. The van der Waals surface area contributed by atoms with Crippen LogP contribution in [0.3, 0.4) is 0 Å². The number of hydrogen-bond donors (Lipinski definition) is 2. The number of nitriles is 1. The van der Waals surface area contributed by atoms with Crippen LogP contribution in [-0.4, -0.2) is 30.3 Å². The van der Waals surface area contributed by atoms with Crippen molar-refractivity contribution in [3.63, 3.8) is 0 Å². The van der Waals surface area contributed by atoms with Crippen LogP contribution >= 0.6 is 24.2 Å². The predicted octanol–water partition coefficient (Wildman–Crippen LogP) is 5.33. The van der Waals surface area contributed by atoms with Gasteiger partial charge in [-0.25, -0.2) is 4.79 Å². The van der Waals surface area contributed by atoms with Crippen molar-refractivity contribution in [2.75, 3.05) is 18.0 Å². The normalized spacial score (nSPS) is 18.7. The summed E-state index contributed by atoms with van der Waals surface area (Å²) in [5, 5.41) is 19.6. The fraction of sp³-hybridized carbons (Fsp3) is 0.478. The molecule has 1 fully saturated rings. The molecule has 0 saturated carbocycles. The van der Waals surface area contributed by atoms with E-state index >= 15 is 0 Å². The zero-order valence-electron chi connectivity index (χ0n) is 17.3. The number of fused-ring (bicyclic) bond motifs is 1. The van der Waals surface area contributed by atoms with Gasteiger partial charge in [0.05, 0.1) is 28.2 Å². The molecule has 1 N–H and O–H groups in total. The molecule has 0 radical (unpaired) electrons. The van der Waals surface area contributed by atoms with Crippen LogP contribution < -0.4 is 4.90 Å². The molecule has 0 unspecified atom stereocenters. The van der Waals surface area contributed by atoms with E-state index in [-0.39, 0.29) is 11.5 Å². The molecule has 5 nitrogen and oxygen atoms in total. The first-order valence-electron chi connectivity index (χ1n) is 10.3. The van der Waals surface area contributed by atoms with Crippen LogP contribution in [0.1, 0.15) is 59.5 Å². The molecule has 1 aromatic heterocycles. The van der Waals surface area contributed by atoms with Gasteiger partial charge in [-0.05, 0) is 74.2 Å². The van der Waals surface area contributed by atoms with Crippen molar-refractivity contribution < 1.29 is 14.1 Å². The number of nitrogens with zero attached hydrogens (tertiary/aromatic N) is 2. The van der Waals surface area contributed by atoms with Crippen LogP contribution in [0.15, 0.2) is 18.2 Å². The van der Waals surface area contributed by atoms with Crippen LogP contribution in [-0.2, 0) is 17.0 Å². The quantitative estimate of drug-likeness (QED) is 0.494. The highest BCUT2D eigenvalue weighted by atomic mass is 32.1. The topological polar surface area (TPSA) is 73.6 Å². The number of carboxylic acid groups (broad SMARTS) is 1. The number of benzene rings is 1. The molecule has 0 spiro atoms. The van der Waals surface area contributed by atoms with Crippen LogP contribution in [0.5, 0.6) is 0 Å². The molecule has 2 heterocycles. The Kier molecular flexibility index (Phi) is 5.84. The van der Waals surface area contributed by atoms with Crippen LogP contribution in [0.4, 0.5) is 5.69 Å². The van der Waals surface area contributed by atoms with E-state index < -0.39 is 5.97 Å². The lowest BCUT2D eigenvalue weighted by Crippen LogP contribution is -2.36. The molecule has 1 aliphatic carbocycles. The van der Waals surface area contributed by atoms with Crippen molar-refractivity contribution in [3.8, 4) is 16.5 Å². The minimum atomic E-state index is -0.879. The van der Waals surface area contributed by atoms with Crippen molar-refractivity contribution in [3.05, 3.63) is 39.8 Å². The van der Waals surface area contributed by atoms with Gasteiger partial charge in [0, 0.05) is 29.2 Å². The second kappa shape index (κ2) is 8.26. The summed E-state index contributed by atoms with van der Waals surface area (Å²) in [5.74, 6) is -0.879. The third kappa shape index (κ3) is 3.96. The molecule has 2 aliphatic rings. The van der Waals surface area contributed by atoms with Crippen molar-refractivity contribution in [1.29, 1.82) is 5.26 Å². The number of carbonyl (C=O) groups is 1. The Bertz CT molecular complexity index is 1010. The molecule has 2 aromatic rings. The number of rotatable bonds is 4. The summed E-state index contributed by atoms with van der Waals surface area (Å²) in [6, 6.07) is 7.85. The van der Waals surface area contributed by atoms with E-state index in [1.54, 1.807) is 11.3 Å². The number of thiol groups is 1. The standard InChI is InChI=1S/C23H26N2O3S2/c1-23(2)8-5-19-17(12-23)20(22(26)27)21(30-19)16-11-14(13-24)3-4-18(16)25-9-6-15(28-29)7-10-25/h3-4,11,15,29H,5-10,12H2,1-2H3,(H,26,27). The van der Waals surface area contributed by atoms with Gasteiger partial charge in [0.2, 0.25) is 0 Å². The molecule has 1 aromatic carbocycles. The summed E-state index contributed by atoms with van der Waals surface area (Å²) < 4.78 is 5.20. The maximum atomic E-state index is 12.4. The fourth-order valence-electron chi connectivity index (χ4n) is 4.60. The summed E-state index contributed by atoms with van der Waals surface area (Å²) in [4.78, 5) is 16.6. The van der Waals surface area contributed by atoms with E-state index in [1.807, 2.05) is 18.2 Å². The highest BCUT2D eigenvalue weighted by Crippen LogP contribution is 2.47. The number of aromatic carboxylic acids is 1. The summed E-state index contributed by atoms with van der Waals surface area (Å²) in [6.45, 7) is 6.03. The summed E-state index contributed by atoms with van der Waals surface area (Å²) in [5.41, 5.74) is 3.90. The number of hydrogen-bond acceptors (Lipinski definition) is 6. The van der Waals surface area contributed by atoms with E-state index in [2.05, 4.69) is 37.7 Å². The zero-order chi connectivity index (χ0) is 21.5. The van der Waals surface area contributed by atoms with E-state index in [9.17, 15) is 15.2 Å². The lowest BCUT2D eigenvalue weighted by Gasteiger charge is -2.33. The van der Waals surface area contributed by atoms with E-state index in [0.717, 1.165) is 66.9 Å². The van der Waals surface area contributed by atoms with E-state index in [0.29, 0.717) is 11.1 Å². The first kappa shape index (κ1) is 21.2. The van der Waals surface area contributed by atoms with Crippen molar-refractivity contribution in [2.24, 2.45) is 5.41 Å². The Hall–Kier alpha value is -2.01. The molecule has 1 aliphatic heterocycles. The van der Waals surface area contributed by atoms with Crippen LogP contribution in [0.2, 0.25) is 0 Å². The largest absolute Gasteiger partial charge is 0.478 e. The average Bonchev–Trinajstić information content (AvgIpc) is 3.11. The van der Waals surface area contributed by atoms with Gasteiger partial charge in [-0.3, -0.25) is 0 Å². The molecule has 0 amide bonds. The number of aryl methyl sites for hydroxylation is 1. The third-order valence-electron chi connectivity index (χ3n) is 6.29. The van der Waals surface area contributed by atoms with Gasteiger partial charge in [0.15, 0.2) is 0 Å². The van der Waals surface area contributed by atoms with E-state index in [4.69, 9.17) is 4.18 Å². The number of thiophene rings is 1. The minimum absolute atomic E-state index is 0.0988. The van der Waals surface area contributed by atoms with Crippen LogP contribution in [0.25, 0.3) is 10.4 Å². The molecule has 0 atom stereocenters. The second-order valence-corrected chi connectivity index (χ2v) is 10.3. The van der Waals surface area contributed by atoms with Gasteiger partial charge in [-0.2, -0.15) is 5.26 Å². The number of piperidine rings is 1.